The monoisotopic (exact) mass is 360 g/mol. The predicted octanol–water partition coefficient (Wildman–Crippen LogP) is 1.56. The van der Waals surface area contributed by atoms with Crippen LogP contribution >= 0.6 is 0 Å². The third-order valence-corrected chi connectivity index (χ3v) is 8.25. The third-order valence-electron chi connectivity index (χ3n) is 8.25. The lowest BCUT2D eigenvalue weighted by molar-refractivity contribution is -0.178. The van der Waals surface area contributed by atoms with Crippen molar-refractivity contribution in [3.05, 3.63) is 23.8 Å². The number of ketones is 2. The minimum atomic E-state index is -1.56. The zero-order valence-electron chi connectivity index (χ0n) is 15.4. The average Bonchev–Trinajstić information content (AvgIpc) is 2.86. The molecule has 7 atom stereocenters. The van der Waals surface area contributed by atoms with E-state index in [4.69, 9.17) is 0 Å². The normalized spacial score (nSPS) is 49.9. The topological polar surface area (TPSA) is 94.8 Å². The van der Waals surface area contributed by atoms with Gasteiger partial charge in [-0.05, 0) is 56.1 Å². The summed E-state index contributed by atoms with van der Waals surface area (Å²) in [5, 5.41) is 31.7. The molecule has 0 aromatic heterocycles. The smallest absolute Gasteiger partial charge is 0.190 e. The number of carbonyl (C=O) groups excluding carboxylic acids is 2. The second-order valence-corrected chi connectivity index (χ2v) is 9.19. The standard InChI is InChI=1S/C21H28O5/c1-19-7-5-13(23)9-12(19)3-4-14-15-6-8-21(26,17(25)11-22)20(15,2)10-16(24)18(14)19/h5,7,9,14-16,18,22,24,26H,3-4,6,8,10-11H2,1-2H3/t14-,15-,16-,18+,19+,20-,21-/m0/s1. The quantitative estimate of drug-likeness (QED) is 0.695. The van der Waals surface area contributed by atoms with Crippen LogP contribution in [0, 0.1) is 28.6 Å². The first kappa shape index (κ1) is 18.1. The average molecular weight is 360 g/mol. The van der Waals surface area contributed by atoms with Gasteiger partial charge in [-0.1, -0.05) is 25.5 Å². The van der Waals surface area contributed by atoms with Gasteiger partial charge in [-0.25, -0.2) is 0 Å². The summed E-state index contributed by atoms with van der Waals surface area (Å²) in [6.07, 6.45) is 7.68. The number of hydrogen-bond donors (Lipinski definition) is 3. The van der Waals surface area contributed by atoms with Gasteiger partial charge >= 0.3 is 0 Å². The van der Waals surface area contributed by atoms with Crippen LogP contribution in [-0.2, 0) is 9.59 Å². The van der Waals surface area contributed by atoms with Crippen LogP contribution in [0.2, 0.25) is 0 Å². The molecule has 26 heavy (non-hydrogen) atoms. The lowest BCUT2D eigenvalue weighted by atomic mass is 9.46. The Kier molecular flexibility index (Phi) is 3.89. The zero-order valence-corrected chi connectivity index (χ0v) is 15.4. The van der Waals surface area contributed by atoms with E-state index in [-0.39, 0.29) is 29.0 Å². The number of Topliss-reactive ketones (excluding diaryl/α,β-unsaturated/α-hetero) is 1. The van der Waals surface area contributed by atoms with Crippen molar-refractivity contribution in [1.82, 2.24) is 0 Å². The molecule has 4 aliphatic carbocycles. The van der Waals surface area contributed by atoms with Crippen LogP contribution in [0.3, 0.4) is 0 Å². The molecule has 4 rings (SSSR count). The van der Waals surface area contributed by atoms with E-state index in [1.165, 1.54) is 0 Å². The van der Waals surface area contributed by atoms with Crippen LogP contribution in [0.1, 0.15) is 46.0 Å². The van der Waals surface area contributed by atoms with Gasteiger partial charge < -0.3 is 15.3 Å². The van der Waals surface area contributed by atoms with Gasteiger partial charge in [0.15, 0.2) is 11.6 Å². The van der Waals surface area contributed by atoms with E-state index in [2.05, 4.69) is 6.92 Å². The maximum Gasteiger partial charge on any atom is 0.190 e. The van der Waals surface area contributed by atoms with E-state index in [0.717, 1.165) is 24.8 Å². The minimum Gasteiger partial charge on any atom is -0.393 e. The first-order valence-corrected chi connectivity index (χ1v) is 9.66. The van der Waals surface area contributed by atoms with Gasteiger partial charge in [-0.15, -0.1) is 0 Å². The van der Waals surface area contributed by atoms with Crippen molar-refractivity contribution in [2.75, 3.05) is 6.61 Å². The molecule has 0 bridgehead atoms. The fourth-order valence-corrected chi connectivity index (χ4v) is 6.92. The van der Waals surface area contributed by atoms with Crippen molar-refractivity contribution < 1.29 is 24.9 Å². The van der Waals surface area contributed by atoms with Crippen molar-refractivity contribution in [2.45, 2.75) is 57.7 Å². The molecule has 0 radical (unpaired) electrons. The van der Waals surface area contributed by atoms with Gasteiger partial charge in [0.2, 0.25) is 0 Å². The molecule has 0 heterocycles. The molecule has 0 amide bonds. The summed E-state index contributed by atoms with van der Waals surface area (Å²) in [5.74, 6) is -0.227. The Balaban J connectivity index is 1.75. The highest BCUT2D eigenvalue weighted by molar-refractivity contribution is 6.01. The third kappa shape index (κ3) is 2.08. The Morgan fingerprint density at radius 2 is 2.04 bits per heavy atom. The summed E-state index contributed by atoms with van der Waals surface area (Å²) in [6, 6.07) is 0. The number of aliphatic hydroxyl groups excluding tert-OH is 2. The Morgan fingerprint density at radius 3 is 2.73 bits per heavy atom. The van der Waals surface area contributed by atoms with E-state index in [9.17, 15) is 24.9 Å². The van der Waals surface area contributed by atoms with Crippen molar-refractivity contribution in [2.24, 2.45) is 28.6 Å². The van der Waals surface area contributed by atoms with Crippen molar-refractivity contribution >= 4 is 11.6 Å². The highest BCUT2D eigenvalue weighted by Crippen LogP contribution is 2.67. The van der Waals surface area contributed by atoms with Crippen molar-refractivity contribution in [3.63, 3.8) is 0 Å². The van der Waals surface area contributed by atoms with E-state index in [1.54, 1.807) is 12.2 Å². The molecule has 4 aliphatic rings. The van der Waals surface area contributed by atoms with Crippen LogP contribution in [-0.4, -0.2) is 45.2 Å². The lowest BCUT2D eigenvalue weighted by Crippen LogP contribution is -2.61. The molecule has 5 nitrogen and oxygen atoms in total. The maximum absolute atomic E-state index is 12.4. The first-order valence-electron chi connectivity index (χ1n) is 9.66. The summed E-state index contributed by atoms with van der Waals surface area (Å²) in [6.45, 7) is 3.34. The lowest BCUT2D eigenvalue weighted by Gasteiger charge is -2.59. The van der Waals surface area contributed by atoms with Crippen molar-refractivity contribution in [3.8, 4) is 0 Å². The number of rotatable bonds is 2. The van der Waals surface area contributed by atoms with Gasteiger partial charge in [-0.3, -0.25) is 9.59 Å². The molecular weight excluding hydrogens is 332 g/mol. The highest BCUT2D eigenvalue weighted by Gasteiger charge is 2.67. The van der Waals surface area contributed by atoms with Crippen molar-refractivity contribution in [1.29, 1.82) is 0 Å². The minimum absolute atomic E-state index is 0.00912. The molecule has 3 fully saturated rings. The Bertz CT molecular complexity index is 724. The van der Waals surface area contributed by atoms with Gasteiger partial charge in [0.05, 0.1) is 6.10 Å². The Morgan fingerprint density at radius 1 is 1.31 bits per heavy atom. The summed E-state index contributed by atoms with van der Waals surface area (Å²) in [7, 11) is 0. The Labute approximate surface area is 153 Å². The SMILES string of the molecule is C[C@]12C[C@H](O)[C@H]3[C@@H](CCC4=CC(=O)C=C[C@]43C)[C@@H]1CC[C@]2(O)C(=O)CO. The van der Waals surface area contributed by atoms with E-state index < -0.39 is 29.5 Å². The number of fused-ring (bicyclic) bond motifs is 5. The molecule has 5 heteroatoms. The van der Waals surface area contributed by atoms with E-state index >= 15 is 0 Å². The second kappa shape index (κ2) is 5.60. The van der Waals surface area contributed by atoms with Crippen LogP contribution in [0.5, 0.6) is 0 Å². The van der Waals surface area contributed by atoms with E-state index in [0.29, 0.717) is 12.8 Å². The van der Waals surface area contributed by atoms with E-state index in [1.807, 2.05) is 13.0 Å². The molecule has 0 spiro atoms. The number of allylic oxidation sites excluding steroid dienone is 4. The van der Waals surface area contributed by atoms with Gasteiger partial charge in [0.1, 0.15) is 12.2 Å². The van der Waals surface area contributed by atoms with Crippen LogP contribution in [0.25, 0.3) is 0 Å². The summed E-state index contributed by atoms with van der Waals surface area (Å²) < 4.78 is 0. The van der Waals surface area contributed by atoms with Crippen LogP contribution < -0.4 is 0 Å². The molecule has 0 aromatic rings. The van der Waals surface area contributed by atoms with Crippen LogP contribution in [0.4, 0.5) is 0 Å². The fraction of sp³-hybridized carbons (Fsp3) is 0.714. The largest absolute Gasteiger partial charge is 0.393 e. The summed E-state index contributed by atoms with van der Waals surface area (Å²) >= 11 is 0. The van der Waals surface area contributed by atoms with Gasteiger partial charge in [0.25, 0.3) is 0 Å². The molecule has 0 saturated heterocycles. The van der Waals surface area contributed by atoms with Crippen LogP contribution in [0.15, 0.2) is 23.8 Å². The molecule has 0 aromatic carbocycles. The summed E-state index contributed by atoms with van der Waals surface area (Å²) in [5.41, 5.74) is -1.54. The van der Waals surface area contributed by atoms with Gasteiger partial charge in [0, 0.05) is 16.7 Å². The Hall–Kier alpha value is -1.30. The predicted molar refractivity (Wildman–Crippen MR) is 95.0 cm³/mol. The zero-order chi connectivity index (χ0) is 18.9. The molecule has 3 saturated carbocycles. The number of carbonyl (C=O) groups is 2. The summed E-state index contributed by atoms with van der Waals surface area (Å²) in [4.78, 5) is 24.2. The van der Waals surface area contributed by atoms with Gasteiger partial charge in [-0.2, -0.15) is 0 Å². The number of aliphatic hydroxyl groups is 3. The highest BCUT2D eigenvalue weighted by atomic mass is 16.3. The maximum atomic E-state index is 12.4. The molecule has 3 N–H and O–H groups in total. The molecular formula is C21H28O5. The molecule has 0 unspecified atom stereocenters. The number of hydrogen-bond acceptors (Lipinski definition) is 5. The fourth-order valence-electron chi connectivity index (χ4n) is 6.92. The second-order valence-electron chi connectivity index (χ2n) is 9.19. The first-order chi connectivity index (χ1) is 12.2. The molecule has 0 aliphatic heterocycles. The molecule has 142 valence electrons.